The first-order valence-corrected chi connectivity index (χ1v) is 4.51. The van der Waals surface area contributed by atoms with Gasteiger partial charge in [0.25, 0.3) is 0 Å². The maximum absolute atomic E-state index is 6.03. The van der Waals surface area contributed by atoms with Crippen molar-refractivity contribution >= 4 is 0 Å². The molecule has 11 heavy (non-hydrogen) atoms. The standard InChI is InChI=1S/C9H17NO/c1-9(2)7(10)6-4-3-5-11-8(6)9/h6-8H,3-5,10H2,1-2H3/t6-,7+,8-/m0/s1. The second-order valence-electron chi connectivity index (χ2n) is 4.44. The van der Waals surface area contributed by atoms with E-state index in [1.54, 1.807) is 0 Å². The van der Waals surface area contributed by atoms with Gasteiger partial charge in [-0.1, -0.05) is 13.8 Å². The molecule has 2 heteroatoms. The lowest BCUT2D eigenvalue weighted by Crippen LogP contribution is -2.67. The van der Waals surface area contributed by atoms with E-state index in [0.717, 1.165) is 6.61 Å². The Kier molecular flexibility index (Phi) is 1.52. The van der Waals surface area contributed by atoms with Gasteiger partial charge >= 0.3 is 0 Å². The zero-order chi connectivity index (χ0) is 8.06. The zero-order valence-electron chi connectivity index (χ0n) is 7.34. The SMILES string of the molecule is CC1(C)[C@H](N)[C@@H]2CCCO[C@@H]21. The van der Waals surface area contributed by atoms with Crippen LogP contribution in [0.25, 0.3) is 0 Å². The molecule has 0 aromatic carbocycles. The maximum Gasteiger partial charge on any atom is 0.0684 e. The van der Waals surface area contributed by atoms with Crippen molar-refractivity contribution in [3.8, 4) is 0 Å². The first-order chi connectivity index (χ1) is 5.14. The molecule has 0 aromatic heterocycles. The van der Waals surface area contributed by atoms with E-state index in [0.29, 0.717) is 18.1 Å². The highest BCUT2D eigenvalue weighted by molar-refractivity contribution is 5.08. The van der Waals surface area contributed by atoms with Gasteiger partial charge in [-0.2, -0.15) is 0 Å². The van der Waals surface area contributed by atoms with Crippen LogP contribution in [0.15, 0.2) is 0 Å². The van der Waals surface area contributed by atoms with Gasteiger partial charge in [-0.05, 0) is 12.8 Å². The molecular weight excluding hydrogens is 138 g/mol. The summed E-state index contributed by atoms with van der Waals surface area (Å²) < 4.78 is 5.68. The lowest BCUT2D eigenvalue weighted by molar-refractivity contribution is -0.183. The third kappa shape index (κ3) is 0.859. The summed E-state index contributed by atoms with van der Waals surface area (Å²) in [4.78, 5) is 0. The highest BCUT2D eigenvalue weighted by Gasteiger charge is 2.55. The summed E-state index contributed by atoms with van der Waals surface area (Å²) in [5, 5.41) is 0. The molecule has 0 bridgehead atoms. The van der Waals surface area contributed by atoms with Crippen molar-refractivity contribution in [2.24, 2.45) is 17.1 Å². The minimum Gasteiger partial charge on any atom is -0.377 e. The van der Waals surface area contributed by atoms with E-state index in [-0.39, 0.29) is 5.41 Å². The fourth-order valence-electron chi connectivity index (χ4n) is 2.56. The summed E-state index contributed by atoms with van der Waals surface area (Å²) in [6.07, 6.45) is 2.92. The third-order valence-electron chi connectivity index (χ3n) is 3.42. The number of hydrogen-bond acceptors (Lipinski definition) is 2. The maximum atomic E-state index is 6.03. The molecular formula is C9H17NO. The van der Waals surface area contributed by atoms with Gasteiger partial charge in [0.1, 0.15) is 0 Å². The Balaban J connectivity index is 2.09. The molecule has 0 radical (unpaired) electrons. The molecule has 3 atom stereocenters. The van der Waals surface area contributed by atoms with E-state index in [1.165, 1.54) is 12.8 Å². The van der Waals surface area contributed by atoms with E-state index in [4.69, 9.17) is 10.5 Å². The van der Waals surface area contributed by atoms with Crippen molar-refractivity contribution in [1.82, 2.24) is 0 Å². The van der Waals surface area contributed by atoms with Gasteiger partial charge in [0, 0.05) is 24.0 Å². The van der Waals surface area contributed by atoms with Crippen molar-refractivity contribution in [3.63, 3.8) is 0 Å². The highest BCUT2D eigenvalue weighted by atomic mass is 16.5. The van der Waals surface area contributed by atoms with Gasteiger partial charge in [0.15, 0.2) is 0 Å². The van der Waals surface area contributed by atoms with Crippen molar-refractivity contribution in [3.05, 3.63) is 0 Å². The summed E-state index contributed by atoms with van der Waals surface area (Å²) in [5.74, 6) is 0.652. The van der Waals surface area contributed by atoms with Crippen LogP contribution in [0.1, 0.15) is 26.7 Å². The average Bonchev–Trinajstić information content (AvgIpc) is 2.04. The Bertz CT molecular complexity index is 167. The number of rotatable bonds is 0. The molecule has 2 N–H and O–H groups in total. The highest BCUT2D eigenvalue weighted by Crippen LogP contribution is 2.49. The van der Waals surface area contributed by atoms with Crippen LogP contribution in [0.5, 0.6) is 0 Å². The Hall–Kier alpha value is -0.0800. The minimum absolute atomic E-state index is 0.227. The molecule has 1 aliphatic heterocycles. The average molecular weight is 155 g/mol. The van der Waals surface area contributed by atoms with Crippen LogP contribution in [0.4, 0.5) is 0 Å². The molecule has 1 aliphatic carbocycles. The van der Waals surface area contributed by atoms with Crippen LogP contribution in [-0.2, 0) is 4.74 Å². The van der Waals surface area contributed by atoms with Gasteiger partial charge in [-0.3, -0.25) is 0 Å². The molecule has 0 aromatic rings. The lowest BCUT2D eigenvalue weighted by atomic mass is 9.56. The molecule has 2 fully saturated rings. The zero-order valence-corrected chi connectivity index (χ0v) is 7.34. The van der Waals surface area contributed by atoms with E-state index in [1.807, 2.05) is 0 Å². The summed E-state index contributed by atoms with van der Waals surface area (Å²) in [6, 6.07) is 0.368. The number of nitrogens with two attached hydrogens (primary N) is 1. The second-order valence-corrected chi connectivity index (χ2v) is 4.44. The van der Waals surface area contributed by atoms with Gasteiger partial charge in [-0.25, -0.2) is 0 Å². The summed E-state index contributed by atoms with van der Waals surface area (Å²) in [7, 11) is 0. The molecule has 2 aliphatic rings. The predicted octanol–water partition coefficient (Wildman–Crippen LogP) is 1.15. The van der Waals surface area contributed by atoms with Crippen LogP contribution in [0.2, 0.25) is 0 Å². The molecule has 0 spiro atoms. The van der Waals surface area contributed by atoms with E-state index >= 15 is 0 Å². The first kappa shape index (κ1) is 7.56. The molecule has 2 nitrogen and oxygen atoms in total. The number of hydrogen-bond donors (Lipinski definition) is 1. The summed E-state index contributed by atoms with van der Waals surface area (Å²) in [5.41, 5.74) is 6.26. The topological polar surface area (TPSA) is 35.2 Å². The quantitative estimate of drug-likeness (QED) is 0.569. The van der Waals surface area contributed by atoms with Crippen molar-refractivity contribution < 1.29 is 4.74 Å². The van der Waals surface area contributed by atoms with Gasteiger partial charge in [0.2, 0.25) is 0 Å². The lowest BCUT2D eigenvalue weighted by Gasteiger charge is -2.58. The van der Waals surface area contributed by atoms with Gasteiger partial charge < -0.3 is 10.5 Å². The van der Waals surface area contributed by atoms with Crippen LogP contribution in [0.3, 0.4) is 0 Å². The van der Waals surface area contributed by atoms with Crippen LogP contribution >= 0.6 is 0 Å². The minimum atomic E-state index is 0.227. The Labute approximate surface area is 68.1 Å². The molecule has 1 saturated carbocycles. The van der Waals surface area contributed by atoms with Crippen LogP contribution in [-0.4, -0.2) is 18.8 Å². The number of fused-ring (bicyclic) bond motifs is 1. The van der Waals surface area contributed by atoms with E-state index in [2.05, 4.69) is 13.8 Å². The van der Waals surface area contributed by atoms with Crippen molar-refractivity contribution in [2.45, 2.75) is 38.8 Å². The molecule has 1 heterocycles. The summed E-state index contributed by atoms with van der Waals surface area (Å²) >= 11 is 0. The van der Waals surface area contributed by atoms with Crippen LogP contribution in [0, 0.1) is 11.3 Å². The Morgan fingerprint density at radius 2 is 2.18 bits per heavy atom. The molecule has 0 unspecified atom stereocenters. The van der Waals surface area contributed by atoms with E-state index < -0.39 is 0 Å². The molecule has 2 rings (SSSR count). The normalized spacial score (nSPS) is 47.7. The third-order valence-corrected chi connectivity index (χ3v) is 3.42. The Morgan fingerprint density at radius 1 is 1.45 bits per heavy atom. The fraction of sp³-hybridized carbons (Fsp3) is 1.00. The van der Waals surface area contributed by atoms with Crippen molar-refractivity contribution in [2.75, 3.05) is 6.61 Å². The van der Waals surface area contributed by atoms with Crippen LogP contribution < -0.4 is 5.73 Å². The number of ether oxygens (including phenoxy) is 1. The van der Waals surface area contributed by atoms with Gasteiger partial charge in [-0.15, -0.1) is 0 Å². The van der Waals surface area contributed by atoms with E-state index in [9.17, 15) is 0 Å². The smallest absolute Gasteiger partial charge is 0.0684 e. The Morgan fingerprint density at radius 3 is 2.82 bits per heavy atom. The fourth-order valence-corrected chi connectivity index (χ4v) is 2.56. The molecule has 1 saturated heterocycles. The largest absolute Gasteiger partial charge is 0.377 e. The summed E-state index contributed by atoms with van der Waals surface area (Å²) in [6.45, 7) is 5.37. The molecule has 64 valence electrons. The van der Waals surface area contributed by atoms with Gasteiger partial charge in [0.05, 0.1) is 6.10 Å². The monoisotopic (exact) mass is 155 g/mol. The predicted molar refractivity (Wildman–Crippen MR) is 44.2 cm³/mol. The van der Waals surface area contributed by atoms with Crippen molar-refractivity contribution in [1.29, 1.82) is 0 Å². The second kappa shape index (κ2) is 2.20. The molecule has 0 amide bonds. The first-order valence-electron chi connectivity index (χ1n) is 4.51.